The standard InChI is InChI=1S/C16H16FN3O2/c1-21-13-5-3-10(7-14(13)22-2)16-12(8-18)20-9-11(17)4-6-15(20)19-16/h3-7,9H,8,18H2,1-2H3. The topological polar surface area (TPSA) is 61.8 Å². The van der Waals surface area contributed by atoms with Gasteiger partial charge in [0.05, 0.1) is 25.6 Å². The van der Waals surface area contributed by atoms with Gasteiger partial charge < -0.3 is 15.2 Å². The van der Waals surface area contributed by atoms with Crippen molar-refractivity contribution in [3.8, 4) is 22.8 Å². The third-order valence-electron chi connectivity index (χ3n) is 3.53. The highest BCUT2D eigenvalue weighted by molar-refractivity contribution is 5.69. The van der Waals surface area contributed by atoms with Crippen LogP contribution in [0.3, 0.4) is 0 Å². The molecule has 0 saturated heterocycles. The van der Waals surface area contributed by atoms with Gasteiger partial charge in [0.25, 0.3) is 0 Å². The predicted molar refractivity (Wildman–Crippen MR) is 81.6 cm³/mol. The van der Waals surface area contributed by atoms with Gasteiger partial charge in [0.2, 0.25) is 0 Å². The molecule has 2 heterocycles. The number of nitrogens with two attached hydrogens (primary N) is 1. The normalized spacial score (nSPS) is 10.9. The molecule has 22 heavy (non-hydrogen) atoms. The number of hydrogen-bond donors (Lipinski definition) is 1. The first-order valence-corrected chi connectivity index (χ1v) is 6.77. The zero-order valence-corrected chi connectivity index (χ0v) is 12.3. The number of benzene rings is 1. The van der Waals surface area contributed by atoms with Crippen molar-refractivity contribution in [3.63, 3.8) is 0 Å². The fourth-order valence-corrected chi connectivity index (χ4v) is 2.48. The molecular formula is C16H16FN3O2. The predicted octanol–water partition coefficient (Wildman–Crippen LogP) is 2.62. The minimum absolute atomic E-state index is 0.244. The fourth-order valence-electron chi connectivity index (χ4n) is 2.48. The SMILES string of the molecule is COc1ccc(-c2nc3ccc(F)cn3c2CN)cc1OC. The summed E-state index contributed by atoms with van der Waals surface area (Å²) < 4.78 is 25.7. The lowest BCUT2D eigenvalue weighted by atomic mass is 10.1. The number of fused-ring (bicyclic) bond motifs is 1. The molecule has 0 amide bonds. The van der Waals surface area contributed by atoms with Gasteiger partial charge in [-0.25, -0.2) is 9.37 Å². The Morgan fingerprint density at radius 3 is 2.59 bits per heavy atom. The zero-order valence-electron chi connectivity index (χ0n) is 12.3. The molecule has 0 aliphatic heterocycles. The van der Waals surface area contributed by atoms with Crippen LogP contribution in [0.1, 0.15) is 5.69 Å². The van der Waals surface area contributed by atoms with E-state index in [2.05, 4.69) is 4.98 Å². The lowest BCUT2D eigenvalue weighted by Gasteiger charge is -2.09. The Balaban J connectivity index is 2.21. The van der Waals surface area contributed by atoms with E-state index < -0.39 is 0 Å². The number of nitrogens with zero attached hydrogens (tertiary/aromatic N) is 2. The molecule has 1 aromatic carbocycles. The molecular weight excluding hydrogens is 285 g/mol. The summed E-state index contributed by atoms with van der Waals surface area (Å²) in [6.45, 7) is 0.244. The third kappa shape index (κ3) is 2.27. The van der Waals surface area contributed by atoms with Gasteiger partial charge in [-0.3, -0.25) is 4.40 Å². The van der Waals surface area contributed by atoms with E-state index in [4.69, 9.17) is 15.2 Å². The van der Waals surface area contributed by atoms with Crippen molar-refractivity contribution >= 4 is 5.65 Å². The van der Waals surface area contributed by atoms with Crippen LogP contribution in [0.5, 0.6) is 11.5 Å². The highest BCUT2D eigenvalue weighted by Gasteiger charge is 2.15. The van der Waals surface area contributed by atoms with E-state index in [9.17, 15) is 4.39 Å². The van der Waals surface area contributed by atoms with Gasteiger partial charge in [0, 0.05) is 18.3 Å². The summed E-state index contributed by atoms with van der Waals surface area (Å²) in [7, 11) is 3.15. The van der Waals surface area contributed by atoms with E-state index in [1.165, 1.54) is 12.3 Å². The molecule has 114 valence electrons. The second-order valence-electron chi connectivity index (χ2n) is 4.76. The van der Waals surface area contributed by atoms with Crippen LogP contribution in [0.15, 0.2) is 36.5 Å². The monoisotopic (exact) mass is 301 g/mol. The quantitative estimate of drug-likeness (QED) is 0.804. The van der Waals surface area contributed by atoms with Gasteiger partial charge in [-0.2, -0.15) is 0 Å². The highest BCUT2D eigenvalue weighted by Crippen LogP contribution is 2.33. The summed E-state index contributed by atoms with van der Waals surface area (Å²) in [6.07, 6.45) is 1.38. The molecule has 0 radical (unpaired) electrons. The first-order chi connectivity index (χ1) is 10.7. The Bertz CT molecular complexity index is 830. The number of imidazole rings is 1. The molecule has 0 aliphatic rings. The van der Waals surface area contributed by atoms with Crippen molar-refractivity contribution in [1.82, 2.24) is 9.38 Å². The van der Waals surface area contributed by atoms with E-state index >= 15 is 0 Å². The van der Waals surface area contributed by atoms with Crippen molar-refractivity contribution in [2.24, 2.45) is 5.73 Å². The molecule has 3 rings (SSSR count). The maximum atomic E-state index is 13.5. The Morgan fingerprint density at radius 1 is 1.14 bits per heavy atom. The second kappa shape index (κ2) is 5.65. The summed E-state index contributed by atoms with van der Waals surface area (Å²) in [5.41, 5.74) is 8.76. The molecule has 0 aliphatic carbocycles. The first-order valence-electron chi connectivity index (χ1n) is 6.77. The van der Waals surface area contributed by atoms with Crippen LogP contribution in [-0.4, -0.2) is 23.6 Å². The van der Waals surface area contributed by atoms with Gasteiger partial charge in [0.1, 0.15) is 11.5 Å². The number of pyridine rings is 1. The average Bonchev–Trinajstić information content (AvgIpc) is 2.91. The van der Waals surface area contributed by atoms with Crippen LogP contribution >= 0.6 is 0 Å². The number of methoxy groups -OCH3 is 2. The van der Waals surface area contributed by atoms with Gasteiger partial charge >= 0.3 is 0 Å². The third-order valence-corrected chi connectivity index (χ3v) is 3.53. The minimum atomic E-state index is -0.335. The summed E-state index contributed by atoms with van der Waals surface area (Å²) in [5.74, 6) is 0.903. The molecule has 0 unspecified atom stereocenters. The lowest BCUT2D eigenvalue weighted by Crippen LogP contribution is -2.03. The first kappa shape index (κ1) is 14.3. The number of hydrogen-bond acceptors (Lipinski definition) is 4. The van der Waals surface area contributed by atoms with Crippen LogP contribution in [0.2, 0.25) is 0 Å². The molecule has 0 spiro atoms. The fraction of sp³-hybridized carbons (Fsp3) is 0.188. The van der Waals surface area contributed by atoms with E-state index in [-0.39, 0.29) is 12.4 Å². The summed E-state index contributed by atoms with van der Waals surface area (Å²) in [6, 6.07) is 8.51. The van der Waals surface area contributed by atoms with Crippen molar-refractivity contribution < 1.29 is 13.9 Å². The Labute approximate surface area is 127 Å². The summed E-state index contributed by atoms with van der Waals surface area (Å²) in [5, 5.41) is 0. The van der Waals surface area contributed by atoms with Crippen molar-refractivity contribution in [2.75, 3.05) is 14.2 Å². The van der Waals surface area contributed by atoms with Gasteiger partial charge in [0.15, 0.2) is 11.5 Å². The second-order valence-corrected chi connectivity index (χ2v) is 4.76. The van der Waals surface area contributed by atoms with Gasteiger partial charge in [-0.1, -0.05) is 0 Å². The van der Waals surface area contributed by atoms with Crippen LogP contribution in [-0.2, 0) is 6.54 Å². The van der Waals surface area contributed by atoms with Crippen molar-refractivity contribution in [3.05, 3.63) is 48.0 Å². The molecule has 6 heteroatoms. The number of aromatic nitrogens is 2. The number of ether oxygens (including phenoxy) is 2. The van der Waals surface area contributed by atoms with Crippen LogP contribution in [0.4, 0.5) is 4.39 Å². The molecule has 5 nitrogen and oxygen atoms in total. The van der Waals surface area contributed by atoms with Crippen LogP contribution in [0, 0.1) is 5.82 Å². The molecule has 2 aromatic heterocycles. The Kier molecular flexibility index (Phi) is 3.68. The Hall–Kier alpha value is -2.60. The molecule has 2 N–H and O–H groups in total. The lowest BCUT2D eigenvalue weighted by molar-refractivity contribution is 0.355. The van der Waals surface area contributed by atoms with Crippen LogP contribution < -0.4 is 15.2 Å². The highest BCUT2D eigenvalue weighted by atomic mass is 19.1. The van der Waals surface area contributed by atoms with Crippen molar-refractivity contribution in [1.29, 1.82) is 0 Å². The number of halogens is 1. The van der Waals surface area contributed by atoms with E-state index in [0.29, 0.717) is 22.8 Å². The summed E-state index contributed by atoms with van der Waals surface area (Å²) in [4.78, 5) is 4.55. The Morgan fingerprint density at radius 2 is 1.91 bits per heavy atom. The van der Waals surface area contributed by atoms with Gasteiger partial charge in [-0.15, -0.1) is 0 Å². The smallest absolute Gasteiger partial charge is 0.161 e. The van der Waals surface area contributed by atoms with Gasteiger partial charge in [-0.05, 0) is 30.3 Å². The molecule has 0 bridgehead atoms. The maximum Gasteiger partial charge on any atom is 0.161 e. The zero-order chi connectivity index (χ0) is 15.7. The average molecular weight is 301 g/mol. The molecule has 3 aromatic rings. The van der Waals surface area contributed by atoms with Crippen molar-refractivity contribution in [2.45, 2.75) is 6.54 Å². The van der Waals surface area contributed by atoms with E-state index in [1.807, 2.05) is 12.1 Å². The van der Waals surface area contributed by atoms with E-state index in [1.54, 1.807) is 30.8 Å². The molecule has 0 atom stereocenters. The number of rotatable bonds is 4. The largest absolute Gasteiger partial charge is 0.493 e. The minimum Gasteiger partial charge on any atom is -0.493 e. The summed E-state index contributed by atoms with van der Waals surface area (Å²) >= 11 is 0. The maximum absolute atomic E-state index is 13.5. The van der Waals surface area contributed by atoms with Crippen LogP contribution in [0.25, 0.3) is 16.9 Å². The van der Waals surface area contributed by atoms with E-state index in [0.717, 1.165) is 11.3 Å². The molecule has 0 saturated carbocycles. The molecule has 0 fully saturated rings.